The molecule has 0 bridgehead atoms. The molecule has 0 radical (unpaired) electrons. The van der Waals surface area contributed by atoms with Gasteiger partial charge in [0.25, 0.3) is 0 Å². The maximum atomic E-state index is 4.90. The third kappa shape index (κ3) is 4.73. The summed E-state index contributed by atoms with van der Waals surface area (Å²) in [5.74, 6) is 1.29. The number of likely N-dealkylation sites (tertiary alicyclic amines) is 1. The number of hydrogen-bond donors (Lipinski definition) is 1. The van der Waals surface area contributed by atoms with E-state index in [0.717, 1.165) is 53.2 Å². The number of hydrogen-bond acceptors (Lipinski definition) is 7. The highest BCUT2D eigenvalue weighted by molar-refractivity contribution is 7.15. The van der Waals surface area contributed by atoms with E-state index < -0.39 is 0 Å². The molecule has 7 heteroatoms. The highest BCUT2D eigenvalue weighted by atomic mass is 32.1. The molecule has 1 fully saturated rings. The van der Waals surface area contributed by atoms with Crippen LogP contribution in [0.25, 0.3) is 10.9 Å². The van der Waals surface area contributed by atoms with Crippen LogP contribution in [0.2, 0.25) is 0 Å². The zero-order valence-corrected chi connectivity index (χ0v) is 18.5. The Hall–Kier alpha value is -2.90. The normalized spacial score (nSPS) is 17.1. The molecule has 0 saturated carbocycles. The number of benzene rings is 1. The summed E-state index contributed by atoms with van der Waals surface area (Å²) >= 11 is 1.59. The highest BCUT2D eigenvalue weighted by Gasteiger charge is 2.23. The summed E-state index contributed by atoms with van der Waals surface area (Å²) in [6, 6.07) is 17.0. The smallest absolute Gasteiger partial charge is 0.211 e. The zero-order chi connectivity index (χ0) is 21.0. The van der Waals surface area contributed by atoms with E-state index in [0.29, 0.717) is 5.92 Å². The van der Waals surface area contributed by atoms with Gasteiger partial charge in [0.15, 0.2) is 0 Å². The summed E-state index contributed by atoms with van der Waals surface area (Å²) in [6.45, 7) is 5.21. The summed E-state index contributed by atoms with van der Waals surface area (Å²) in [7, 11) is 0. The first-order chi connectivity index (χ1) is 15.3. The van der Waals surface area contributed by atoms with Gasteiger partial charge in [0.2, 0.25) is 5.13 Å². The maximum Gasteiger partial charge on any atom is 0.211 e. The van der Waals surface area contributed by atoms with Crippen LogP contribution in [-0.2, 0) is 13.0 Å². The molecule has 3 aromatic heterocycles. The number of pyridine rings is 2. The molecular formula is C24H26N6S. The predicted molar refractivity (Wildman–Crippen MR) is 126 cm³/mol. The molecule has 4 heterocycles. The van der Waals surface area contributed by atoms with Crippen molar-refractivity contribution in [3.8, 4) is 0 Å². The lowest BCUT2D eigenvalue weighted by molar-refractivity contribution is 0.198. The van der Waals surface area contributed by atoms with Crippen molar-refractivity contribution in [3.63, 3.8) is 0 Å². The number of nitrogens with one attached hydrogen (secondary N) is 1. The van der Waals surface area contributed by atoms with Crippen molar-refractivity contribution < 1.29 is 0 Å². The van der Waals surface area contributed by atoms with Crippen LogP contribution in [0, 0.1) is 0 Å². The number of aromatic nitrogens is 4. The SMILES string of the molecule is CCc1nnc(Nc2cccc([C@@H]3CCCN(Cc4ccc5ncccc5c4)C3)n2)s1. The summed E-state index contributed by atoms with van der Waals surface area (Å²) in [5.41, 5.74) is 3.54. The Bertz CT molecular complexity index is 1170. The molecule has 1 aromatic carbocycles. The lowest BCUT2D eigenvalue weighted by atomic mass is 9.94. The van der Waals surface area contributed by atoms with Gasteiger partial charge in [0.05, 0.1) is 5.52 Å². The molecular weight excluding hydrogens is 404 g/mol. The van der Waals surface area contributed by atoms with E-state index in [9.17, 15) is 0 Å². The number of rotatable bonds is 6. The van der Waals surface area contributed by atoms with Crippen molar-refractivity contribution >= 4 is 33.2 Å². The lowest BCUT2D eigenvalue weighted by Crippen LogP contribution is -2.34. The first-order valence-corrected chi connectivity index (χ1v) is 11.7. The number of fused-ring (bicyclic) bond motifs is 1. The molecule has 5 rings (SSSR count). The first kappa shape index (κ1) is 20.0. The Morgan fingerprint density at radius 1 is 1.13 bits per heavy atom. The summed E-state index contributed by atoms with van der Waals surface area (Å²) in [4.78, 5) is 11.9. The van der Waals surface area contributed by atoms with Gasteiger partial charge in [-0.25, -0.2) is 4.98 Å². The number of anilines is 2. The van der Waals surface area contributed by atoms with Crippen molar-refractivity contribution in [1.82, 2.24) is 25.1 Å². The van der Waals surface area contributed by atoms with Crippen molar-refractivity contribution in [2.45, 2.75) is 38.6 Å². The molecule has 0 spiro atoms. The number of nitrogens with zero attached hydrogens (tertiary/aromatic N) is 5. The molecule has 1 atom stereocenters. The second kappa shape index (κ2) is 9.08. The quantitative estimate of drug-likeness (QED) is 0.455. The van der Waals surface area contributed by atoms with Crippen molar-refractivity contribution in [2.24, 2.45) is 0 Å². The Kier molecular flexibility index (Phi) is 5.86. The van der Waals surface area contributed by atoms with Gasteiger partial charge in [-0.3, -0.25) is 9.88 Å². The standard InChI is InChI=1S/C24H26N6S/c1-2-23-28-29-24(31-23)27-22-9-3-8-21(26-22)19-7-5-13-30(16-19)15-17-10-11-20-18(14-17)6-4-12-25-20/h3-4,6,8-12,14,19H,2,5,7,13,15-16H2,1H3,(H,26,27,29)/t19-/m1/s1. The van der Waals surface area contributed by atoms with E-state index in [2.05, 4.69) is 68.7 Å². The molecule has 1 aliphatic rings. The fourth-order valence-corrected chi connectivity index (χ4v) is 4.91. The number of piperidine rings is 1. The first-order valence-electron chi connectivity index (χ1n) is 10.9. The van der Waals surface area contributed by atoms with Gasteiger partial charge in [-0.1, -0.05) is 36.5 Å². The van der Waals surface area contributed by atoms with Crippen LogP contribution in [0.3, 0.4) is 0 Å². The van der Waals surface area contributed by atoms with E-state index >= 15 is 0 Å². The van der Waals surface area contributed by atoms with Gasteiger partial charge in [0.1, 0.15) is 10.8 Å². The Morgan fingerprint density at radius 3 is 3.00 bits per heavy atom. The predicted octanol–water partition coefficient (Wildman–Crippen LogP) is 5.17. The van der Waals surface area contributed by atoms with Gasteiger partial charge in [-0.05, 0) is 61.7 Å². The van der Waals surface area contributed by atoms with Gasteiger partial charge in [-0.15, -0.1) is 10.2 Å². The molecule has 0 amide bonds. The van der Waals surface area contributed by atoms with E-state index in [1.54, 1.807) is 11.3 Å². The van der Waals surface area contributed by atoms with Crippen molar-refractivity contribution in [3.05, 3.63) is 71.0 Å². The minimum Gasteiger partial charge on any atom is -0.315 e. The summed E-state index contributed by atoms with van der Waals surface area (Å²) in [5, 5.41) is 14.8. The van der Waals surface area contributed by atoms with Crippen LogP contribution in [-0.4, -0.2) is 38.2 Å². The van der Waals surface area contributed by atoms with Gasteiger partial charge >= 0.3 is 0 Å². The van der Waals surface area contributed by atoms with Crippen LogP contribution in [0.15, 0.2) is 54.7 Å². The van der Waals surface area contributed by atoms with Crippen molar-refractivity contribution in [2.75, 3.05) is 18.4 Å². The molecule has 1 aliphatic heterocycles. The minimum atomic E-state index is 0.443. The molecule has 6 nitrogen and oxygen atoms in total. The fraction of sp³-hybridized carbons (Fsp3) is 0.333. The van der Waals surface area contributed by atoms with E-state index in [1.165, 1.54) is 23.8 Å². The molecule has 158 valence electrons. The highest BCUT2D eigenvalue weighted by Crippen LogP contribution is 2.28. The van der Waals surface area contributed by atoms with E-state index in [1.807, 2.05) is 18.3 Å². The van der Waals surface area contributed by atoms with Crippen LogP contribution in [0.1, 0.15) is 41.9 Å². The van der Waals surface area contributed by atoms with Gasteiger partial charge < -0.3 is 5.32 Å². The molecule has 31 heavy (non-hydrogen) atoms. The van der Waals surface area contributed by atoms with E-state index in [-0.39, 0.29) is 0 Å². The topological polar surface area (TPSA) is 66.8 Å². The summed E-state index contributed by atoms with van der Waals surface area (Å²) < 4.78 is 0. The van der Waals surface area contributed by atoms with Crippen molar-refractivity contribution in [1.29, 1.82) is 0 Å². The second-order valence-corrected chi connectivity index (χ2v) is 9.09. The largest absolute Gasteiger partial charge is 0.315 e. The van der Waals surface area contributed by atoms with Crippen LogP contribution in [0.4, 0.5) is 10.9 Å². The Labute approximate surface area is 186 Å². The average Bonchev–Trinajstić information content (AvgIpc) is 3.27. The zero-order valence-electron chi connectivity index (χ0n) is 17.7. The average molecular weight is 431 g/mol. The molecule has 1 saturated heterocycles. The molecule has 0 unspecified atom stereocenters. The number of aryl methyl sites for hydroxylation is 1. The Morgan fingerprint density at radius 2 is 2.10 bits per heavy atom. The molecule has 4 aromatic rings. The van der Waals surface area contributed by atoms with Crippen LogP contribution < -0.4 is 5.32 Å². The van der Waals surface area contributed by atoms with E-state index in [4.69, 9.17) is 4.98 Å². The monoisotopic (exact) mass is 430 g/mol. The molecule has 1 N–H and O–H groups in total. The third-order valence-corrected chi connectivity index (χ3v) is 6.76. The molecule has 0 aliphatic carbocycles. The minimum absolute atomic E-state index is 0.443. The lowest BCUT2D eigenvalue weighted by Gasteiger charge is -2.32. The third-order valence-electron chi connectivity index (χ3n) is 5.77. The van der Waals surface area contributed by atoms with Crippen LogP contribution in [0.5, 0.6) is 0 Å². The van der Waals surface area contributed by atoms with Gasteiger partial charge in [-0.2, -0.15) is 0 Å². The maximum absolute atomic E-state index is 4.90. The fourth-order valence-electron chi connectivity index (χ4n) is 4.23. The van der Waals surface area contributed by atoms with Gasteiger partial charge in [0, 0.05) is 36.3 Å². The second-order valence-electron chi connectivity index (χ2n) is 8.03. The van der Waals surface area contributed by atoms with Crippen LogP contribution >= 0.6 is 11.3 Å². The Balaban J connectivity index is 1.27. The summed E-state index contributed by atoms with van der Waals surface area (Å²) in [6.07, 6.45) is 5.11.